The van der Waals surface area contributed by atoms with Crippen molar-refractivity contribution < 1.29 is 4.52 Å². The molecule has 5 nitrogen and oxygen atoms in total. The molecule has 2 aromatic rings. The Labute approximate surface area is 91.5 Å². The lowest BCUT2D eigenvalue weighted by molar-refractivity contribution is 0.377. The van der Waals surface area contributed by atoms with E-state index in [0.29, 0.717) is 29.1 Å². The lowest BCUT2D eigenvalue weighted by Gasteiger charge is -1.90. The van der Waals surface area contributed by atoms with E-state index in [1.165, 1.54) is 0 Å². The van der Waals surface area contributed by atoms with E-state index in [-0.39, 0.29) is 5.56 Å². The minimum absolute atomic E-state index is 0.196. The number of H-pyrrole nitrogens is 1. The average molecular weight is 217 g/mol. The molecular weight excluding hydrogens is 206 g/mol. The Morgan fingerprint density at radius 3 is 3.06 bits per heavy atom. The Morgan fingerprint density at radius 2 is 2.38 bits per heavy atom. The van der Waals surface area contributed by atoms with Gasteiger partial charge in [0.2, 0.25) is 11.7 Å². The number of nitrogens with one attached hydrogen (secondary N) is 1. The highest BCUT2D eigenvalue weighted by Crippen LogP contribution is 2.46. The first-order valence-electron chi connectivity index (χ1n) is 5.27. The van der Waals surface area contributed by atoms with Crippen molar-refractivity contribution in [1.29, 1.82) is 0 Å². The third-order valence-electron chi connectivity index (χ3n) is 2.93. The van der Waals surface area contributed by atoms with Crippen molar-refractivity contribution in [2.45, 2.75) is 19.3 Å². The lowest BCUT2D eigenvalue weighted by atomic mass is 10.2. The van der Waals surface area contributed by atoms with Crippen molar-refractivity contribution in [2.75, 3.05) is 0 Å². The zero-order valence-electron chi connectivity index (χ0n) is 8.80. The van der Waals surface area contributed by atoms with Crippen LogP contribution in [0.4, 0.5) is 0 Å². The maximum atomic E-state index is 11.5. The van der Waals surface area contributed by atoms with Crippen molar-refractivity contribution in [3.63, 3.8) is 0 Å². The van der Waals surface area contributed by atoms with Gasteiger partial charge < -0.3 is 9.51 Å². The van der Waals surface area contributed by atoms with Gasteiger partial charge in [0.25, 0.3) is 5.56 Å². The van der Waals surface area contributed by atoms with E-state index < -0.39 is 0 Å². The van der Waals surface area contributed by atoms with Crippen LogP contribution in [0.2, 0.25) is 0 Å². The molecule has 0 bridgehead atoms. The van der Waals surface area contributed by atoms with Gasteiger partial charge in [-0.3, -0.25) is 4.79 Å². The fourth-order valence-corrected chi connectivity index (χ4v) is 1.76. The van der Waals surface area contributed by atoms with Crippen LogP contribution < -0.4 is 5.56 Å². The zero-order chi connectivity index (χ0) is 11.1. The normalized spacial score (nSPS) is 23.3. The summed E-state index contributed by atoms with van der Waals surface area (Å²) in [5, 5.41) is 3.84. The molecule has 3 rings (SSSR count). The zero-order valence-corrected chi connectivity index (χ0v) is 8.80. The summed E-state index contributed by atoms with van der Waals surface area (Å²) < 4.78 is 5.15. The molecule has 2 atom stereocenters. The number of aromatic amines is 1. The van der Waals surface area contributed by atoms with Crippen molar-refractivity contribution in [3.8, 4) is 11.4 Å². The molecule has 1 fully saturated rings. The summed E-state index contributed by atoms with van der Waals surface area (Å²) in [6.45, 7) is 2.14. The molecule has 0 aliphatic heterocycles. The van der Waals surface area contributed by atoms with Gasteiger partial charge in [0, 0.05) is 12.1 Å². The van der Waals surface area contributed by atoms with Gasteiger partial charge in [-0.2, -0.15) is 4.98 Å². The number of aromatic nitrogens is 3. The minimum Gasteiger partial charge on any atom is -0.339 e. The van der Waals surface area contributed by atoms with Crippen LogP contribution in [-0.2, 0) is 0 Å². The van der Waals surface area contributed by atoms with E-state index in [4.69, 9.17) is 4.52 Å². The topological polar surface area (TPSA) is 71.8 Å². The van der Waals surface area contributed by atoms with E-state index in [1.807, 2.05) is 0 Å². The van der Waals surface area contributed by atoms with Gasteiger partial charge in [0.1, 0.15) is 0 Å². The minimum atomic E-state index is -0.196. The third-order valence-corrected chi connectivity index (χ3v) is 2.93. The van der Waals surface area contributed by atoms with E-state index in [9.17, 15) is 4.79 Å². The molecule has 0 aromatic carbocycles. The molecule has 2 aromatic heterocycles. The molecule has 5 heteroatoms. The molecule has 0 radical (unpaired) electrons. The number of pyridine rings is 1. The molecule has 16 heavy (non-hydrogen) atoms. The largest absolute Gasteiger partial charge is 0.339 e. The maximum absolute atomic E-state index is 11.5. The van der Waals surface area contributed by atoms with E-state index in [1.54, 1.807) is 18.3 Å². The summed E-state index contributed by atoms with van der Waals surface area (Å²) in [7, 11) is 0. The fourth-order valence-electron chi connectivity index (χ4n) is 1.76. The highest BCUT2D eigenvalue weighted by Gasteiger charge is 2.39. The SMILES string of the molecule is CC1CC1c1nc(-c2ccc[nH]c2=O)no1. The van der Waals surface area contributed by atoms with Crippen LogP contribution in [0, 0.1) is 5.92 Å². The molecule has 0 saturated heterocycles. The Hall–Kier alpha value is -1.91. The van der Waals surface area contributed by atoms with Gasteiger partial charge in [-0.1, -0.05) is 12.1 Å². The summed E-state index contributed by atoms with van der Waals surface area (Å²) in [6, 6.07) is 3.43. The highest BCUT2D eigenvalue weighted by atomic mass is 16.5. The van der Waals surface area contributed by atoms with Crippen LogP contribution in [-0.4, -0.2) is 15.1 Å². The first kappa shape index (κ1) is 9.33. The molecule has 0 amide bonds. The van der Waals surface area contributed by atoms with Crippen LogP contribution in [0.1, 0.15) is 25.2 Å². The lowest BCUT2D eigenvalue weighted by Crippen LogP contribution is -2.07. The number of hydrogen-bond acceptors (Lipinski definition) is 4. The standard InChI is InChI=1S/C11H11N3O2/c1-6-5-8(6)11-13-9(14-16-11)7-3-2-4-12-10(7)15/h2-4,6,8H,5H2,1H3,(H,12,15). The Bertz CT molecular complexity index is 572. The third kappa shape index (κ3) is 1.44. The van der Waals surface area contributed by atoms with E-state index in [0.717, 1.165) is 6.42 Å². The van der Waals surface area contributed by atoms with E-state index in [2.05, 4.69) is 22.0 Å². The number of nitrogens with zero attached hydrogens (tertiary/aromatic N) is 2. The molecule has 0 spiro atoms. The highest BCUT2D eigenvalue weighted by molar-refractivity contribution is 5.52. The van der Waals surface area contributed by atoms with Crippen molar-refractivity contribution >= 4 is 0 Å². The monoisotopic (exact) mass is 217 g/mol. The molecular formula is C11H11N3O2. The van der Waals surface area contributed by atoms with Crippen molar-refractivity contribution in [2.24, 2.45) is 5.92 Å². The predicted molar refractivity (Wildman–Crippen MR) is 56.9 cm³/mol. The molecule has 2 unspecified atom stereocenters. The summed E-state index contributed by atoms with van der Waals surface area (Å²) in [5.74, 6) is 2.01. The molecule has 82 valence electrons. The van der Waals surface area contributed by atoms with Gasteiger partial charge in [-0.25, -0.2) is 0 Å². The van der Waals surface area contributed by atoms with Crippen molar-refractivity contribution in [1.82, 2.24) is 15.1 Å². The van der Waals surface area contributed by atoms with Gasteiger partial charge >= 0.3 is 0 Å². The summed E-state index contributed by atoms with van der Waals surface area (Å²) >= 11 is 0. The van der Waals surface area contributed by atoms with Crippen LogP contribution in [0.5, 0.6) is 0 Å². The summed E-state index contributed by atoms with van der Waals surface area (Å²) in [6.07, 6.45) is 2.67. The summed E-state index contributed by atoms with van der Waals surface area (Å²) in [4.78, 5) is 18.3. The van der Waals surface area contributed by atoms with Gasteiger partial charge in [-0.05, 0) is 24.5 Å². The Morgan fingerprint density at radius 1 is 1.56 bits per heavy atom. The second-order valence-corrected chi connectivity index (χ2v) is 4.19. The molecule has 2 heterocycles. The van der Waals surface area contributed by atoms with E-state index >= 15 is 0 Å². The number of rotatable bonds is 2. The molecule has 1 aliphatic rings. The molecule has 1 aliphatic carbocycles. The summed E-state index contributed by atoms with van der Waals surface area (Å²) in [5.41, 5.74) is 0.254. The number of hydrogen-bond donors (Lipinski definition) is 1. The first-order chi connectivity index (χ1) is 7.75. The molecule has 1 N–H and O–H groups in total. The molecule has 1 saturated carbocycles. The predicted octanol–water partition coefficient (Wildman–Crippen LogP) is 1.55. The Balaban J connectivity index is 1.99. The Kier molecular flexibility index (Phi) is 1.92. The average Bonchev–Trinajstić information content (AvgIpc) is 2.82. The quantitative estimate of drug-likeness (QED) is 0.828. The van der Waals surface area contributed by atoms with Crippen LogP contribution in [0.25, 0.3) is 11.4 Å². The van der Waals surface area contributed by atoms with Crippen LogP contribution >= 0.6 is 0 Å². The van der Waals surface area contributed by atoms with Crippen LogP contribution in [0.15, 0.2) is 27.6 Å². The van der Waals surface area contributed by atoms with Crippen LogP contribution in [0.3, 0.4) is 0 Å². The first-order valence-corrected chi connectivity index (χ1v) is 5.27. The maximum Gasteiger partial charge on any atom is 0.259 e. The van der Waals surface area contributed by atoms with Gasteiger partial charge in [0.15, 0.2) is 0 Å². The van der Waals surface area contributed by atoms with Gasteiger partial charge in [-0.15, -0.1) is 0 Å². The second-order valence-electron chi connectivity index (χ2n) is 4.19. The second kappa shape index (κ2) is 3.30. The van der Waals surface area contributed by atoms with Gasteiger partial charge in [0.05, 0.1) is 5.56 Å². The van der Waals surface area contributed by atoms with Crippen molar-refractivity contribution in [3.05, 3.63) is 34.6 Å². The fraction of sp³-hybridized carbons (Fsp3) is 0.364. The smallest absolute Gasteiger partial charge is 0.259 e.